The maximum Gasteiger partial charge on any atom is 0.274 e. The average Bonchev–Trinajstić information content (AvgIpc) is 2.86. The summed E-state index contributed by atoms with van der Waals surface area (Å²) >= 11 is 2.06. The number of amides is 1. The molecule has 0 N–H and O–H groups in total. The minimum absolute atomic E-state index is 0.0854. The fourth-order valence-electron chi connectivity index (χ4n) is 2.84. The maximum atomic E-state index is 12.9. The van der Waals surface area contributed by atoms with Crippen molar-refractivity contribution in [1.82, 2.24) is 9.47 Å². The van der Waals surface area contributed by atoms with Crippen molar-refractivity contribution in [3.05, 3.63) is 63.6 Å². The summed E-state index contributed by atoms with van der Waals surface area (Å²) < 4.78 is 11.9. The lowest BCUT2D eigenvalue weighted by atomic mass is 10.1. The largest absolute Gasteiger partial charge is 0.483 e. The molecule has 0 radical (unpaired) electrons. The summed E-state index contributed by atoms with van der Waals surface area (Å²) in [4.78, 5) is 27.4. The van der Waals surface area contributed by atoms with Gasteiger partial charge in [0.2, 0.25) is 5.43 Å². The number of hydrogen-bond donors (Lipinski definition) is 0. The molecule has 1 amide bonds. The molecule has 3 rings (SSSR count). The molecule has 0 bridgehead atoms. The molecule has 0 aliphatic carbocycles. The number of rotatable bonds is 4. The highest BCUT2D eigenvalue weighted by Gasteiger charge is 2.29. The summed E-state index contributed by atoms with van der Waals surface area (Å²) in [6.45, 7) is 12.0. The minimum atomic E-state index is -0.337. The molecule has 2 aromatic rings. The third-order valence-corrected chi connectivity index (χ3v) is 5.01. The van der Waals surface area contributed by atoms with Gasteiger partial charge in [0.05, 0.1) is 5.56 Å². The number of hydrogen-bond acceptors (Lipinski definition) is 5. The first kappa shape index (κ1) is 31.0. The third-order valence-electron chi connectivity index (χ3n) is 4.17. The van der Waals surface area contributed by atoms with E-state index in [-0.39, 0.29) is 23.7 Å². The lowest BCUT2D eigenvalue weighted by molar-refractivity contribution is 0.0704. The van der Waals surface area contributed by atoms with E-state index < -0.39 is 0 Å². The van der Waals surface area contributed by atoms with Crippen LogP contribution >= 0.6 is 30.1 Å². The second kappa shape index (κ2) is 18.5. The van der Waals surface area contributed by atoms with Gasteiger partial charge in [-0.05, 0) is 32.6 Å². The normalized spacial score (nSPS) is 11.2. The predicted octanol–water partition coefficient (Wildman–Crippen LogP) is 5.61. The van der Waals surface area contributed by atoms with Crippen molar-refractivity contribution in [3.63, 3.8) is 0 Å². The fraction of sp³-hybridized carbons (Fsp3) is 0.440. The topological polar surface area (TPSA) is 60.8 Å². The van der Waals surface area contributed by atoms with E-state index in [9.17, 15) is 9.59 Å². The number of halogens is 1. The van der Waals surface area contributed by atoms with Crippen molar-refractivity contribution >= 4 is 36.0 Å². The molecule has 1 aliphatic heterocycles. The van der Waals surface area contributed by atoms with E-state index in [1.54, 1.807) is 29.9 Å². The Morgan fingerprint density at radius 1 is 1.06 bits per heavy atom. The first-order valence-electron chi connectivity index (χ1n) is 11.0. The Bertz CT molecular complexity index is 953. The van der Waals surface area contributed by atoms with Crippen LogP contribution in [-0.4, -0.2) is 42.7 Å². The van der Waals surface area contributed by atoms with E-state index in [0.717, 1.165) is 5.56 Å². The van der Waals surface area contributed by atoms with E-state index in [4.69, 9.17) is 4.74 Å². The molecule has 0 atom stereocenters. The molecule has 182 valence electrons. The van der Waals surface area contributed by atoms with Gasteiger partial charge in [-0.15, -0.1) is 0 Å². The smallest absolute Gasteiger partial charge is 0.274 e. The van der Waals surface area contributed by atoms with Crippen LogP contribution in [0.15, 0.2) is 41.3 Å². The molecule has 0 saturated heterocycles. The number of pyridine rings is 1. The molecule has 33 heavy (non-hydrogen) atoms. The number of benzene rings is 1. The lowest BCUT2D eigenvalue weighted by Gasteiger charge is -2.30. The molecule has 0 fully saturated rings. The van der Waals surface area contributed by atoms with Gasteiger partial charge in [-0.3, -0.25) is 9.59 Å². The molecule has 0 unspecified atom stereocenters. The molecular formula is C25H35IN2O4S. The Morgan fingerprint density at radius 2 is 1.67 bits per heavy atom. The fourth-order valence-corrected chi connectivity index (χ4v) is 3.32. The first-order valence-corrected chi connectivity index (χ1v) is 14.3. The summed E-state index contributed by atoms with van der Waals surface area (Å²) in [5.41, 5.74) is 1.25. The number of fused-ring (bicyclic) bond motifs is 1. The number of aromatic nitrogens is 1. The number of likely N-dealkylation sites (N-methyl/N-ethyl adjacent to an activating group) is 1. The Kier molecular flexibility index (Phi) is 17.4. The van der Waals surface area contributed by atoms with Gasteiger partial charge in [-0.1, -0.05) is 58.0 Å². The molecule has 1 aromatic carbocycles. The second-order valence-electron chi connectivity index (χ2n) is 6.11. The second-order valence-corrected chi connectivity index (χ2v) is 7.79. The van der Waals surface area contributed by atoms with Crippen molar-refractivity contribution in [2.45, 2.75) is 47.8 Å². The van der Waals surface area contributed by atoms with E-state index in [0.29, 0.717) is 30.9 Å². The highest BCUT2D eigenvalue weighted by molar-refractivity contribution is 14.2. The Morgan fingerprint density at radius 3 is 2.21 bits per heavy atom. The molecular weight excluding hydrogens is 551 g/mol. The van der Waals surface area contributed by atoms with Crippen molar-refractivity contribution in [2.75, 3.05) is 27.3 Å². The van der Waals surface area contributed by atoms with Crippen LogP contribution in [-0.2, 0) is 17.9 Å². The van der Waals surface area contributed by atoms with E-state index in [2.05, 4.69) is 37.1 Å². The molecule has 2 heterocycles. The van der Waals surface area contributed by atoms with Crippen molar-refractivity contribution in [1.29, 1.82) is 0 Å². The quantitative estimate of drug-likeness (QED) is 0.345. The van der Waals surface area contributed by atoms with Crippen LogP contribution in [0.4, 0.5) is 0 Å². The van der Waals surface area contributed by atoms with Crippen molar-refractivity contribution in [3.8, 4) is 16.9 Å². The van der Waals surface area contributed by atoms with Crippen molar-refractivity contribution < 1.29 is 14.3 Å². The van der Waals surface area contributed by atoms with Crippen LogP contribution in [0.1, 0.15) is 56.2 Å². The summed E-state index contributed by atoms with van der Waals surface area (Å²) in [7, 11) is 4.56. The first-order chi connectivity index (χ1) is 16.1. The number of methoxy groups -OCH3 is 1. The van der Waals surface area contributed by atoms with Crippen LogP contribution in [0.2, 0.25) is 0 Å². The number of ether oxygens (including phenoxy) is 2. The van der Waals surface area contributed by atoms with E-state index in [1.165, 1.54) is 8.93 Å². The number of carbonyl (C=O) groups is 1. The molecule has 6 nitrogen and oxygen atoms in total. The molecule has 1 aromatic heterocycles. The van der Waals surface area contributed by atoms with Gasteiger partial charge in [0.25, 0.3) is 5.91 Å². The SMILES string of the molecule is CC.CC.CCN1CCn2cc(C#CSI)c(=O)c(OCc3ccccc3)c2C1=O.COC. The Hall–Kier alpha value is -1.96. The predicted molar refractivity (Wildman–Crippen MR) is 147 cm³/mol. The Labute approximate surface area is 214 Å². The van der Waals surface area contributed by atoms with Gasteiger partial charge < -0.3 is 18.9 Å². The van der Waals surface area contributed by atoms with Gasteiger partial charge in [0.1, 0.15) is 6.61 Å². The zero-order valence-corrected chi connectivity index (χ0v) is 23.6. The standard InChI is InChI=1S/C19H17IN2O3S.C2H6O.2C2H6/c1-2-21-9-10-22-12-15(8-11-26-20)17(23)18(16(22)19(21)24)25-13-14-6-4-3-5-7-14;1-3-2;2*1-2/h3-7,12H,2,9-10,13H2,1H3;1-2H3;2*1-2H3. The summed E-state index contributed by atoms with van der Waals surface area (Å²) in [6, 6.07) is 9.57. The maximum absolute atomic E-state index is 12.9. The van der Waals surface area contributed by atoms with Crippen LogP contribution in [0.3, 0.4) is 0 Å². The molecule has 1 aliphatic rings. The van der Waals surface area contributed by atoms with Crippen LogP contribution < -0.4 is 10.2 Å². The molecule has 0 spiro atoms. The summed E-state index contributed by atoms with van der Waals surface area (Å²) in [5, 5.41) is 2.83. The summed E-state index contributed by atoms with van der Waals surface area (Å²) in [5.74, 6) is 2.77. The highest BCUT2D eigenvalue weighted by atomic mass is 127. The van der Waals surface area contributed by atoms with Crippen LogP contribution in [0.5, 0.6) is 5.75 Å². The minimum Gasteiger partial charge on any atom is -0.483 e. The Balaban J connectivity index is 0.00000132. The van der Waals surface area contributed by atoms with Crippen LogP contribution in [0, 0.1) is 11.2 Å². The van der Waals surface area contributed by atoms with Gasteiger partial charge in [0, 0.05) is 61.3 Å². The lowest BCUT2D eigenvalue weighted by Crippen LogP contribution is -2.42. The van der Waals surface area contributed by atoms with Gasteiger partial charge in [0.15, 0.2) is 11.4 Å². The third kappa shape index (κ3) is 9.43. The van der Waals surface area contributed by atoms with Gasteiger partial charge >= 0.3 is 0 Å². The summed E-state index contributed by atoms with van der Waals surface area (Å²) in [6.07, 6.45) is 1.66. The van der Waals surface area contributed by atoms with Gasteiger partial charge in [-0.2, -0.15) is 0 Å². The number of carbonyl (C=O) groups excluding carboxylic acids is 1. The van der Waals surface area contributed by atoms with E-state index in [1.807, 2.05) is 65.0 Å². The monoisotopic (exact) mass is 586 g/mol. The molecule has 0 saturated carbocycles. The number of nitrogens with zero attached hydrogens (tertiary/aromatic N) is 2. The van der Waals surface area contributed by atoms with Crippen LogP contribution in [0.25, 0.3) is 0 Å². The zero-order valence-electron chi connectivity index (χ0n) is 20.6. The average molecular weight is 587 g/mol. The molecule has 8 heteroatoms. The van der Waals surface area contributed by atoms with E-state index >= 15 is 0 Å². The zero-order chi connectivity index (χ0) is 25.2. The highest BCUT2D eigenvalue weighted by Crippen LogP contribution is 2.22. The van der Waals surface area contributed by atoms with Crippen molar-refractivity contribution in [2.24, 2.45) is 0 Å². The van der Waals surface area contributed by atoms with Gasteiger partial charge in [-0.25, -0.2) is 0 Å².